The molecule has 0 aliphatic heterocycles. The Kier molecular flexibility index (Phi) is 1.43. The molecule has 1 heterocycles. The van der Waals surface area contributed by atoms with Crippen LogP contribution in [0.15, 0.2) is 11.4 Å². The first kappa shape index (κ1) is 4.80. The van der Waals surface area contributed by atoms with Crippen molar-refractivity contribution in [2.75, 3.05) is 0 Å². The largest absolute Gasteiger partial charge is 0.540 e. The van der Waals surface area contributed by atoms with Crippen LogP contribution in [0.3, 0.4) is 0 Å². The SMILES string of the molecule is [SiH3]Oc1ccsn1. The zero-order valence-corrected chi connectivity index (χ0v) is 6.73. The standard InChI is InChI=1S/C3H5NOSSi/c7-5-3-1-2-6-4-3/h1-2H,7H3. The average Bonchev–Trinajstić information content (AvgIpc) is 2.14. The van der Waals surface area contributed by atoms with Gasteiger partial charge in [0.25, 0.3) is 0 Å². The first-order valence-electron chi connectivity index (χ1n) is 1.88. The van der Waals surface area contributed by atoms with Gasteiger partial charge >= 0.3 is 0 Å². The summed E-state index contributed by atoms with van der Waals surface area (Å²) in [6.07, 6.45) is 0. The molecule has 0 saturated carbocycles. The molecule has 1 aromatic rings. The lowest BCUT2D eigenvalue weighted by Crippen LogP contribution is -1.81. The third kappa shape index (κ3) is 1.00. The minimum Gasteiger partial charge on any atom is -0.540 e. The fourth-order valence-corrected chi connectivity index (χ4v) is 1.14. The molecular formula is C3H5NOSSi. The molecule has 0 aliphatic rings. The third-order valence-electron chi connectivity index (χ3n) is 0.623. The van der Waals surface area contributed by atoms with Crippen LogP contribution in [-0.4, -0.2) is 14.9 Å². The van der Waals surface area contributed by atoms with Gasteiger partial charge in [0.05, 0.1) is 0 Å². The van der Waals surface area contributed by atoms with Crippen molar-refractivity contribution in [3.05, 3.63) is 11.4 Å². The highest BCUT2D eigenvalue weighted by molar-refractivity contribution is 7.03. The Morgan fingerprint density at radius 3 is 3.00 bits per heavy atom. The molecule has 0 atom stereocenters. The lowest BCUT2D eigenvalue weighted by molar-refractivity contribution is 0.597. The maximum atomic E-state index is 4.89. The molecule has 0 amide bonds. The molecule has 0 fully saturated rings. The van der Waals surface area contributed by atoms with Gasteiger partial charge < -0.3 is 4.43 Å². The van der Waals surface area contributed by atoms with Crippen molar-refractivity contribution >= 4 is 22.0 Å². The fourth-order valence-electron chi connectivity index (χ4n) is 0.307. The van der Waals surface area contributed by atoms with Crippen molar-refractivity contribution < 1.29 is 4.43 Å². The first-order chi connectivity index (χ1) is 3.43. The van der Waals surface area contributed by atoms with Gasteiger partial charge in [-0.15, -0.1) is 0 Å². The van der Waals surface area contributed by atoms with E-state index in [0.29, 0.717) is 0 Å². The van der Waals surface area contributed by atoms with Gasteiger partial charge in [-0.3, -0.25) is 0 Å². The molecule has 7 heavy (non-hydrogen) atoms. The highest BCUT2D eigenvalue weighted by Gasteiger charge is 1.84. The summed E-state index contributed by atoms with van der Waals surface area (Å²) in [6.45, 7) is 0. The first-order valence-corrected chi connectivity index (χ1v) is 3.53. The number of nitrogens with zero attached hydrogens (tertiary/aromatic N) is 1. The highest BCUT2D eigenvalue weighted by Crippen LogP contribution is 2.05. The number of hydrogen-bond donors (Lipinski definition) is 0. The molecule has 0 radical (unpaired) electrons. The summed E-state index contributed by atoms with van der Waals surface area (Å²) < 4.78 is 8.78. The van der Waals surface area contributed by atoms with Gasteiger partial charge in [-0.05, 0) is 11.5 Å². The second-order valence-electron chi connectivity index (χ2n) is 1.04. The molecule has 0 bridgehead atoms. The molecule has 1 rings (SSSR count). The van der Waals surface area contributed by atoms with Gasteiger partial charge in [-0.25, -0.2) is 0 Å². The monoisotopic (exact) mass is 131 g/mol. The molecule has 0 saturated heterocycles. The Morgan fingerprint density at radius 1 is 1.86 bits per heavy atom. The minimum atomic E-state index is 0.736. The molecule has 0 unspecified atom stereocenters. The molecule has 1 aromatic heterocycles. The van der Waals surface area contributed by atoms with Crippen LogP contribution >= 0.6 is 11.5 Å². The smallest absolute Gasteiger partial charge is 0.210 e. The van der Waals surface area contributed by atoms with E-state index < -0.39 is 0 Å². The third-order valence-corrected chi connectivity index (χ3v) is 1.58. The van der Waals surface area contributed by atoms with Crippen LogP contribution in [0, 0.1) is 0 Å². The quantitative estimate of drug-likeness (QED) is 0.493. The van der Waals surface area contributed by atoms with Gasteiger partial charge in [0, 0.05) is 11.4 Å². The normalized spacial score (nSPS) is 9.14. The molecule has 4 heteroatoms. The molecule has 0 spiro atoms. The zero-order chi connectivity index (χ0) is 5.11. The highest BCUT2D eigenvalue weighted by atomic mass is 32.1. The Labute approximate surface area is 48.8 Å². The van der Waals surface area contributed by atoms with Gasteiger partial charge in [-0.1, -0.05) is 0 Å². The van der Waals surface area contributed by atoms with Gasteiger partial charge in [0.2, 0.25) is 16.4 Å². The second kappa shape index (κ2) is 2.09. The molecular weight excluding hydrogens is 126 g/mol. The summed E-state index contributed by atoms with van der Waals surface area (Å²) in [6, 6.07) is 1.86. The van der Waals surface area contributed by atoms with E-state index in [2.05, 4.69) is 4.37 Å². The zero-order valence-electron chi connectivity index (χ0n) is 3.92. The number of rotatable bonds is 1. The van der Waals surface area contributed by atoms with Gasteiger partial charge in [-0.2, -0.15) is 4.37 Å². The summed E-state index contributed by atoms with van der Waals surface area (Å²) >= 11 is 1.41. The fraction of sp³-hybridized carbons (Fsp3) is 0. The lowest BCUT2D eigenvalue weighted by Gasteiger charge is -1.86. The predicted molar refractivity (Wildman–Crippen MR) is 32.7 cm³/mol. The van der Waals surface area contributed by atoms with E-state index in [1.165, 1.54) is 11.5 Å². The number of aromatic nitrogens is 1. The van der Waals surface area contributed by atoms with E-state index in [0.717, 1.165) is 16.4 Å². The molecule has 0 N–H and O–H groups in total. The van der Waals surface area contributed by atoms with E-state index in [1.807, 2.05) is 11.4 Å². The van der Waals surface area contributed by atoms with Crippen molar-refractivity contribution in [3.8, 4) is 5.88 Å². The van der Waals surface area contributed by atoms with E-state index in [-0.39, 0.29) is 0 Å². The molecule has 0 aromatic carbocycles. The summed E-state index contributed by atoms with van der Waals surface area (Å²) in [5.41, 5.74) is 0. The number of hydrogen-bond acceptors (Lipinski definition) is 3. The van der Waals surface area contributed by atoms with E-state index in [1.54, 1.807) is 0 Å². The minimum absolute atomic E-state index is 0.736. The van der Waals surface area contributed by atoms with Crippen LogP contribution in [0.1, 0.15) is 0 Å². The Hall–Kier alpha value is -0.353. The van der Waals surface area contributed by atoms with E-state index >= 15 is 0 Å². The van der Waals surface area contributed by atoms with Crippen LogP contribution in [0.5, 0.6) is 5.88 Å². The van der Waals surface area contributed by atoms with Crippen LogP contribution in [0.4, 0.5) is 0 Å². The molecule has 38 valence electrons. The topological polar surface area (TPSA) is 22.1 Å². The Balaban J connectivity index is 2.76. The lowest BCUT2D eigenvalue weighted by atomic mass is 10.7. The average molecular weight is 131 g/mol. The Bertz CT molecular complexity index is 129. The molecule has 0 aliphatic carbocycles. The summed E-state index contributed by atoms with van der Waals surface area (Å²) in [4.78, 5) is 0. The predicted octanol–water partition coefficient (Wildman–Crippen LogP) is -0.198. The van der Waals surface area contributed by atoms with Gasteiger partial charge in [0.15, 0.2) is 0 Å². The van der Waals surface area contributed by atoms with E-state index in [4.69, 9.17) is 4.43 Å². The van der Waals surface area contributed by atoms with Crippen LogP contribution in [-0.2, 0) is 0 Å². The van der Waals surface area contributed by atoms with Crippen molar-refractivity contribution in [1.82, 2.24) is 4.37 Å². The summed E-state index contributed by atoms with van der Waals surface area (Å²) in [7, 11) is 0.736. The van der Waals surface area contributed by atoms with Crippen LogP contribution in [0.2, 0.25) is 0 Å². The maximum absolute atomic E-state index is 4.89. The van der Waals surface area contributed by atoms with Crippen LogP contribution in [0.25, 0.3) is 0 Å². The van der Waals surface area contributed by atoms with Crippen LogP contribution < -0.4 is 4.43 Å². The van der Waals surface area contributed by atoms with Crippen molar-refractivity contribution in [2.24, 2.45) is 0 Å². The van der Waals surface area contributed by atoms with Crippen molar-refractivity contribution in [1.29, 1.82) is 0 Å². The van der Waals surface area contributed by atoms with Crippen molar-refractivity contribution in [3.63, 3.8) is 0 Å². The maximum Gasteiger partial charge on any atom is 0.210 e. The Morgan fingerprint density at radius 2 is 2.71 bits per heavy atom. The summed E-state index contributed by atoms with van der Waals surface area (Å²) in [5.74, 6) is 0.761. The van der Waals surface area contributed by atoms with Crippen molar-refractivity contribution in [2.45, 2.75) is 0 Å². The second-order valence-corrected chi connectivity index (χ2v) is 2.12. The summed E-state index contributed by atoms with van der Waals surface area (Å²) in [5, 5.41) is 1.90. The van der Waals surface area contributed by atoms with Gasteiger partial charge in [0.1, 0.15) is 0 Å². The molecule has 2 nitrogen and oxygen atoms in total. The van der Waals surface area contributed by atoms with E-state index in [9.17, 15) is 0 Å².